The molecule has 1 aromatic heterocycles. The zero-order valence-corrected chi connectivity index (χ0v) is 12.5. The SMILES string of the molecule is COc1cc(-c2coc3ccc(O)cc23)cc(OC)c1OC. The lowest BCUT2D eigenvalue weighted by molar-refractivity contribution is 0.324. The minimum Gasteiger partial charge on any atom is -0.508 e. The van der Waals surface area contributed by atoms with Gasteiger partial charge in [-0.25, -0.2) is 0 Å². The molecule has 0 amide bonds. The summed E-state index contributed by atoms with van der Waals surface area (Å²) >= 11 is 0. The van der Waals surface area contributed by atoms with E-state index in [-0.39, 0.29) is 5.75 Å². The highest BCUT2D eigenvalue weighted by atomic mass is 16.5. The molecule has 3 rings (SSSR count). The van der Waals surface area contributed by atoms with Crippen LogP contribution >= 0.6 is 0 Å². The second kappa shape index (κ2) is 5.52. The van der Waals surface area contributed by atoms with Crippen LogP contribution in [-0.4, -0.2) is 26.4 Å². The Morgan fingerprint density at radius 1 is 0.909 bits per heavy atom. The Morgan fingerprint density at radius 2 is 1.59 bits per heavy atom. The molecule has 0 saturated heterocycles. The first-order valence-corrected chi connectivity index (χ1v) is 6.68. The van der Waals surface area contributed by atoms with E-state index in [4.69, 9.17) is 18.6 Å². The topological polar surface area (TPSA) is 61.1 Å². The fourth-order valence-electron chi connectivity index (χ4n) is 2.48. The number of aromatic hydroxyl groups is 1. The molecule has 0 fully saturated rings. The highest BCUT2D eigenvalue weighted by molar-refractivity contribution is 5.95. The lowest BCUT2D eigenvalue weighted by Gasteiger charge is -2.13. The summed E-state index contributed by atoms with van der Waals surface area (Å²) in [6.07, 6.45) is 1.64. The van der Waals surface area contributed by atoms with Gasteiger partial charge in [-0.05, 0) is 35.9 Å². The number of rotatable bonds is 4. The van der Waals surface area contributed by atoms with Crippen LogP contribution in [0, 0.1) is 0 Å². The second-order valence-electron chi connectivity index (χ2n) is 4.74. The van der Waals surface area contributed by atoms with Crippen molar-refractivity contribution in [2.75, 3.05) is 21.3 Å². The van der Waals surface area contributed by atoms with Crippen LogP contribution < -0.4 is 14.2 Å². The van der Waals surface area contributed by atoms with Crippen molar-refractivity contribution < 1.29 is 23.7 Å². The zero-order chi connectivity index (χ0) is 15.7. The maximum absolute atomic E-state index is 9.69. The van der Waals surface area contributed by atoms with E-state index in [2.05, 4.69) is 0 Å². The van der Waals surface area contributed by atoms with Gasteiger partial charge >= 0.3 is 0 Å². The Bertz CT molecular complexity index is 794. The molecule has 1 heterocycles. The summed E-state index contributed by atoms with van der Waals surface area (Å²) in [6.45, 7) is 0. The molecule has 0 saturated carbocycles. The van der Waals surface area contributed by atoms with Gasteiger partial charge in [-0.2, -0.15) is 0 Å². The normalized spacial score (nSPS) is 10.7. The zero-order valence-electron chi connectivity index (χ0n) is 12.5. The molecule has 0 spiro atoms. The van der Waals surface area contributed by atoms with Crippen molar-refractivity contribution in [3.63, 3.8) is 0 Å². The largest absolute Gasteiger partial charge is 0.508 e. The van der Waals surface area contributed by atoms with Crippen molar-refractivity contribution >= 4 is 11.0 Å². The Morgan fingerprint density at radius 3 is 2.18 bits per heavy atom. The van der Waals surface area contributed by atoms with Crippen molar-refractivity contribution in [2.45, 2.75) is 0 Å². The van der Waals surface area contributed by atoms with Gasteiger partial charge in [-0.15, -0.1) is 0 Å². The maximum atomic E-state index is 9.69. The summed E-state index contributed by atoms with van der Waals surface area (Å²) in [6, 6.07) is 8.67. The lowest BCUT2D eigenvalue weighted by atomic mass is 10.0. The molecule has 114 valence electrons. The fraction of sp³-hybridized carbons (Fsp3) is 0.176. The summed E-state index contributed by atoms with van der Waals surface area (Å²) in [5, 5.41) is 10.5. The average Bonchev–Trinajstić information content (AvgIpc) is 2.96. The van der Waals surface area contributed by atoms with Gasteiger partial charge in [0, 0.05) is 10.9 Å². The molecule has 3 aromatic rings. The van der Waals surface area contributed by atoms with Crippen LogP contribution in [0.25, 0.3) is 22.1 Å². The number of hydrogen-bond acceptors (Lipinski definition) is 5. The van der Waals surface area contributed by atoms with Crippen LogP contribution in [-0.2, 0) is 0 Å². The smallest absolute Gasteiger partial charge is 0.203 e. The molecule has 0 radical (unpaired) electrons. The third kappa shape index (κ3) is 2.20. The number of hydrogen-bond donors (Lipinski definition) is 1. The molecule has 5 heteroatoms. The molecule has 0 unspecified atom stereocenters. The second-order valence-corrected chi connectivity index (χ2v) is 4.74. The molecule has 0 atom stereocenters. The number of phenolic OH excluding ortho intramolecular Hbond substituents is 1. The highest BCUT2D eigenvalue weighted by Gasteiger charge is 2.16. The minimum absolute atomic E-state index is 0.183. The first-order chi connectivity index (χ1) is 10.7. The van der Waals surface area contributed by atoms with E-state index in [1.54, 1.807) is 45.8 Å². The molecule has 22 heavy (non-hydrogen) atoms. The van der Waals surface area contributed by atoms with Gasteiger partial charge in [-0.1, -0.05) is 0 Å². The van der Waals surface area contributed by atoms with Crippen molar-refractivity contribution in [2.24, 2.45) is 0 Å². The van der Waals surface area contributed by atoms with Crippen molar-refractivity contribution in [3.05, 3.63) is 36.6 Å². The maximum Gasteiger partial charge on any atom is 0.203 e. The summed E-state index contributed by atoms with van der Waals surface area (Å²) in [7, 11) is 4.70. The standard InChI is InChI=1S/C17H16O5/c1-19-15-6-10(7-16(20-2)17(15)21-3)13-9-22-14-5-4-11(18)8-12(13)14/h4-9,18H,1-3H3. The first kappa shape index (κ1) is 14.1. The third-order valence-electron chi connectivity index (χ3n) is 3.53. The summed E-state index contributed by atoms with van der Waals surface area (Å²) in [5.41, 5.74) is 2.38. The molecule has 0 bridgehead atoms. The average molecular weight is 300 g/mol. The van der Waals surface area contributed by atoms with Crippen LogP contribution in [0.4, 0.5) is 0 Å². The van der Waals surface area contributed by atoms with Crippen molar-refractivity contribution in [3.8, 4) is 34.1 Å². The van der Waals surface area contributed by atoms with Gasteiger partial charge in [0.2, 0.25) is 5.75 Å². The molecular formula is C17H16O5. The van der Waals surface area contributed by atoms with E-state index in [0.717, 1.165) is 16.5 Å². The van der Waals surface area contributed by atoms with Crippen LogP contribution in [0.1, 0.15) is 0 Å². The monoisotopic (exact) mass is 300 g/mol. The summed E-state index contributed by atoms with van der Waals surface area (Å²) < 4.78 is 21.6. The number of furan rings is 1. The lowest BCUT2D eigenvalue weighted by Crippen LogP contribution is -1.95. The van der Waals surface area contributed by atoms with Gasteiger partial charge in [-0.3, -0.25) is 0 Å². The highest BCUT2D eigenvalue weighted by Crippen LogP contribution is 2.43. The van der Waals surface area contributed by atoms with Gasteiger partial charge in [0.15, 0.2) is 11.5 Å². The number of methoxy groups -OCH3 is 3. The van der Waals surface area contributed by atoms with Crippen LogP contribution in [0.5, 0.6) is 23.0 Å². The van der Waals surface area contributed by atoms with Crippen LogP contribution in [0.15, 0.2) is 41.0 Å². The van der Waals surface area contributed by atoms with E-state index in [9.17, 15) is 5.11 Å². The van der Waals surface area contributed by atoms with Gasteiger partial charge in [0.05, 0.1) is 27.6 Å². The predicted octanol–water partition coefficient (Wildman–Crippen LogP) is 3.83. The van der Waals surface area contributed by atoms with Crippen molar-refractivity contribution in [1.29, 1.82) is 0 Å². The van der Waals surface area contributed by atoms with E-state index in [0.29, 0.717) is 22.8 Å². The molecule has 0 aliphatic rings. The molecule has 2 aromatic carbocycles. The Hall–Kier alpha value is -2.82. The fourth-order valence-corrected chi connectivity index (χ4v) is 2.48. The first-order valence-electron chi connectivity index (χ1n) is 6.68. The molecular weight excluding hydrogens is 284 g/mol. The van der Waals surface area contributed by atoms with E-state index >= 15 is 0 Å². The van der Waals surface area contributed by atoms with Crippen molar-refractivity contribution in [1.82, 2.24) is 0 Å². The Balaban J connectivity index is 2.24. The van der Waals surface area contributed by atoms with Crippen LogP contribution in [0.3, 0.4) is 0 Å². The molecule has 0 aliphatic carbocycles. The Labute approximate surface area is 127 Å². The molecule has 0 aliphatic heterocycles. The van der Waals surface area contributed by atoms with Gasteiger partial charge in [0.1, 0.15) is 11.3 Å². The number of ether oxygens (including phenoxy) is 3. The molecule has 5 nitrogen and oxygen atoms in total. The quantitative estimate of drug-likeness (QED) is 0.793. The predicted molar refractivity (Wildman–Crippen MR) is 83.0 cm³/mol. The number of fused-ring (bicyclic) bond motifs is 1. The van der Waals surface area contributed by atoms with Crippen LogP contribution in [0.2, 0.25) is 0 Å². The number of benzene rings is 2. The van der Waals surface area contributed by atoms with Gasteiger partial charge in [0.25, 0.3) is 0 Å². The summed E-state index contributed by atoms with van der Waals surface area (Å²) in [4.78, 5) is 0. The van der Waals surface area contributed by atoms with E-state index in [1.165, 1.54) is 0 Å². The molecule has 1 N–H and O–H groups in total. The third-order valence-corrected chi connectivity index (χ3v) is 3.53. The van der Waals surface area contributed by atoms with E-state index in [1.807, 2.05) is 12.1 Å². The minimum atomic E-state index is 0.183. The van der Waals surface area contributed by atoms with E-state index < -0.39 is 0 Å². The summed E-state index contributed by atoms with van der Waals surface area (Å²) in [5.74, 6) is 1.84. The number of phenols is 1. The Kier molecular flexibility index (Phi) is 3.55. The van der Waals surface area contributed by atoms with Gasteiger partial charge < -0.3 is 23.7 Å².